The molecule has 6 heteroatoms. The molecule has 154 valence electrons. The highest BCUT2D eigenvalue weighted by atomic mass is 19.1. The van der Waals surface area contributed by atoms with Gasteiger partial charge in [0.2, 0.25) is 5.95 Å². The van der Waals surface area contributed by atoms with Gasteiger partial charge in [0.15, 0.2) is 0 Å². The van der Waals surface area contributed by atoms with Gasteiger partial charge in [0.25, 0.3) is 0 Å². The van der Waals surface area contributed by atoms with Crippen molar-refractivity contribution in [2.24, 2.45) is 5.92 Å². The highest BCUT2D eigenvalue weighted by Crippen LogP contribution is 2.37. The van der Waals surface area contributed by atoms with Crippen LogP contribution in [0.1, 0.15) is 43.6 Å². The number of rotatable bonds is 6. The highest BCUT2D eigenvalue weighted by molar-refractivity contribution is 5.67. The van der Waals surface area contributed by atoms with E-state index in [-0.39, 0.29) is 12.2 Å². The fourth-order valence-corrected chi connectivity index (χ4v) is 4.13. The Morgan fingerprint density at radius 3 is 2.33 bits per heavy atom. The summed E-state index contributed by atoms with van der Waals surface area (Å²) in [4.78, 5) is 19.6. The first-order chi connectivity index (χ1) is 14.6. The molecule has 30 heavy (non-hydrogen) atoms. The molecule has 2 N–H and O–H groups in total. The first-order valence-electron chi connectivity index (χ1n) is 10.2. The zero-order valence-electron chi connectivity index (χ0n) is 16.6. The van der Waals surface area contributed by atoms with Gasteiger partial charge in [-0.05, 0) is 66.8 Å². The van der Waals surface area contributed by atoms with Crippen molar-refractivity contribution < 1.29 is 14.3 Å². The molecule has 1 heterocycles. The van der Waals surface area contributed by atoms with Gasteiger partial charge >= 0.3 is 5.97 Å². The van der Waals surface area contributed by atoms with Gasteiger partial charge in [-0.15, -0.1) is 0 Å². The van der Waals surface area contributed by atoms with E-state index >= 15 is 0 Å². The van der Waals surface area contributed by atoms with E-state index < -0.39 is 5.97 Å². The molecule has 2 aromatic carbocycles. The lowest BCUT2D eigenvalue weighted by Gasteiger charge is -2.28. The average Bonchev–Trinajstić information content (AvgIpc) is 2.75. The van der Waals surface area contributed by atoms with Gasteiger partial charge in [-0.1, -0.05) is 30.3 Å². The summed E-state index contributed by atoms with van der Waals surface area (Å²) < 4.78 is 13.3. The third kappa shape index (κ3) is 5.00. The molecule has 0 amide bonds. The maximum atomic E-state index is 13.3. The molecule has 0 spiro atoms. The molecular formula is C24H24FN3O2. The topological polar surface area (TPSA) is 75.1 Å². The van der Waals surface area contributed by atoms with Gasteiger partial charge in [-0.3, -0.25) is 4.79 Å². The Balaban J connectivity index is 1.37. The van der Waals surface area contributed by atoms with Crippen molar-refractivity contribution in [2.45, 2.75) is 38.0 Å². The van der Waals surface area contributed by atoms with Gasteiger partial charge in [-0.2, -0.15) is 0 Å². The molecule has 0 bridgehead atoms. The first-order valence-corrected chi connectivity index (χ1v) is 10.2. The molecule has 3 aromatic rings. The SMILES string of the molecule is O=C(O)C[C@H]1CC[C@@H](c2ccc(-c3cnc(Nc4cccc(F)c4)nc3)cc2)CC1. The summed E-state index contributed by atoms with van der Waals surface area (Å²) >= 11 is 0. The number of aromatic nitrogens is 2. The lowest BCUT2D eigenvalue weighted by atomic mass is 9.77. The van der Waals surface area contributed by atoms with E-state index in [1.54, 1.807) is 24.5 Å². The van der Waals surface area contributed by atoms with E-state index in [0.717, 1.165) is 36.8 Å². The Kier molecular flexibility index (Phi) is 6.02. The molecule has 1 aromatic heterocycles. The van der Waals surface area contributed by atoms with Crippen molar-refractivity contribution in [2.75, 3.05) is 5.32 Å². The van der Waals surface area contributed by atoms with Crippen molar-refractivity contribution in [3.05, 3.63) is 72.3 Å². The summed E-state index contributed by atoms with van der Waals surface area (Å²) in [6.07, 6.45) is 7.83. The number of nitrogens with zero attached hydrogens (tertiary/aromatic N) is 2. The van der Waals surface area contributed by atoms with Crippen LogP contribution in [0.5, 0.6) is 0 Å². The third-order valence-corrected chi connectivity index (χ3v) is 5.76. The van der Waals surface area contributed by atoms with E-state index in [2.05, 4.69) is 39.6 Å². The van der Waals surface area contributed by atoms with Crippen LogP contribution >= 0.6 is 0 Å². The van der Waals surface area contributed by atoms with Crippen LogP contribution in [0.2, 0.25) is 0 Å². The molecule has 0 saturated heterocycles. The van der Waals surface area contributed by atoms with Crippen LogP contribution in [0.15, 0.2) is 60.9 Å². The molecule has 1 fully saturated rings. The minimum Gasteiger partial charge on any atom is -0.481 e. The zero-order chi connectivity index (χ0) is 20.9. The van der Waals surface area contributed by atoms with Crippen LogP contribution in [-0.2, 0) is 4.79 Å². The summed E-state index contributed by atoms with van der Waals surface area (Å²) in [5, 5.41) is 12.0. The zero-order valence-corrected chi connectivity index (χ0v) is 16.6. The lowest BCUT2D eigenvalue weighted by Crippen LogP contribution is -2.16. The Morgan fingerprint density at radius 1 is 1.00 bits per heavy atom. The normalized spacial score (nSPS) is 18.7. The van der Waals surface area contributed by atoms with Crippen LogP contribution in [-0.4, -0.2) is 21.0 Å². The largest absolute Gasteiger partial charge is 0.481 e. The van der Waals surface area contributed by atoms with Crippen molar-refractivity contribution in [1.82, 2.24) is 9.97 Å². The number of hydrogen-bond acceptors (Lipinski definition) is 4. The molecule has 1 saturated carbocycles. The second-order valence-electron chi connectivity index (χ2n) is 7.87. The van der Waals surface area contributed by atoms with Crippen molar-refractivity contribution >= 4 is 17.6 Å². The smallest absolute Gasteiger partial charge is 0.303 e. The number of anilines is 2. The number of aliphatic carboxylic acids is 1. The van der Waals surface area contributed by atoms with Crippen LogP contribution in [0.25, 0.3) is 11.1 Å². The Hall–Kier alpha value is -3.28. The predicted molar refractivity (Wildman–Crippen MR) is 114 cm³/mol. The predicted octanol–water partition coefficient (Wildman–Crippen LogP) is 5.77. The first kappa shape index (κ1) is 20.0. The summed E-state index contributed by atoms with van der Waals surface area (Å²) in [6.45, 7) is 0. The van der Waals surface area contributed by atoms with E-state index in [1.165, 1.54) is 17.7 Å². The van der Waals surface area contributed by atoms with Gasteiger partial charge in [0.05, 0.1) is 0 Å². The van der Waals surface area contributed by atoms with Crippen molar-refractivity contribution in [1.29, 1.82) is 0 Å². The number of hydrogen-bond donors (Lipinski definition) is 2. The quantitative estimate of drug-likeness (QED) is 0.544. The number of carboxylic acid groups (broad SMARTS) is 1. The number of benzene rings is 2. The standard InChI is InChI=1S/C24H24FN3O2/c25-21-2-1-3-22(13-21)28-24-26-14-20(15-27-24)19-10-8-18(9-11-19)17-6-4-16(5-7-17)12-23(29)30/h1-3,8-11,13-17H,4-7,12H2,(H,29,30)(H,26,27,28)/t16-,17+. The van der Waals surface area contributed by atoms with Gasteiger partial charge in [0.1, 0.15) is 5.82 Å². The molecule has 0 unspecified atom stereocenters. The number of carbonyl (C=O) groups is 1. The van der Waals surface area contributed by atoms with Crippen molar-refractivity contribution in [3.63, 3.8) is 0 Å². The lowest BCUT2D eigenvalue weighted by molar-refractivity contribution is -0.138. The van der Waals surface area contributed by atoms with Gasteiger partial charge in [0, 0.05) is 30.1 Å². The second kappa shape index (κ2) is 9.03. The van der Waals surface area contributed by atoms with E-state index in [9.17, 15) is 9.18 Å². The monoisotopic (exact) mass is 405 g/mol. The fourth-order valence-electron chi connectivity index (χ4n) is 4.13. The maximum absolute atomic E-state index is 13.3. The fraction of sp³-hybridized carbons (Fsp3) is 0.292. The third-order valence-electron chi connectivity index (χ3n) is 5.76. The minimum atomic E-state index is -0.692. The van der Waals surface area contributed by atoms with Crippen LogP contribution in [0.3, 0.4) is 0 Å². The maximum Gasteiger partial charge on any atom is 0.303 e. The van der Waals surface area contributed by atoms with Crippen LogP contribution in [0.4, 0.5) is 16.0 Å². The highest BCUT2D eigenvalue weighted by Gasteiger charge is 2.23. The molecule has 0 radical (unpaired) electrons. The average molecular weight is 405 g/mol. The summed E-state index contributed by atoms with van der Waals surface area (Å²) in [7, 11) is 0. The Labute approximate surface area is 175 Å². The van der Waals surface area contributed by atoms with E-state index in [1.807, 2.05) is 0 Å². The van der Waals surface area contributed by atoms with Crippen LogP contribution in [0, 0.1) is 11.7 Å². The molecule has 1 aliphatic carbocycles. The van der Waals surface area contributed by atoms with E-state index in [0.29, 0.717) is 23.5 Å². The van der Waals surface area contributed by atoms with Gasteiger partial charge in [-0.25, -0.2) is 14.4 Å². The van der Waals surface area contributed by atoms with Crippen molar-refractivity contribution in [3.8, 4) is 11.1 Å². The molecule has 5 nitrogen and oxygen atoms in total. The Morgan fingerprint density at radius 2 is 1.70 bits per heavy atom. The number of halogens is 1. The Bertz CT molecular complexity index is 998. The second-order valence-corrected chi connectivity index (χ2v) is 7.87. The molecule has 4 rings (SSSR count). The summed E-state index contributed by atoms with van der Waals surface area (Å²) in [6, 6.07) is 14.6. The van der Waals surface area contributed by atoms with E-state index in [4.69, 9.17) is 5.11 Å². The molecular weight excluding hydrogens is 381 g/mol. The van der Waals surface area contributed by atoms with Gasteiger partial charge < -0.3 is 10.4 Å². The summed E-state index contributed by atoms with van der Waals surface area (Å²) in [5.41, 5.74) is 3.86. The number of carboxylic acids is 1. The van der Waals surface area contributed by atoms with Crippen LogP contribution < -0.4 is 5.32 Å². The minimum absolute atomic E-state index is 0.287. The number of nitrogens with one attached hydrogen (secondary N) is 1. The molecule has 0 atom stereocenters. The summed E-state index contributed by atoms with van der Waals surface area (Å²) in [5.74, 6) is 0.223. The molecule has 1 aliphatic rings. The molecule has 0 aliphatic heterocycles.